The molecule has 2 aromatic heterocycles. The molecule has 0 saturated carbocycles. The Hall–Kier alpha value is -7.72. The second kappa shape index (κ2) is 22.6. The number of thiocarbonyl (C=S) groups is 2. The summed E-state index contributed by atoms with van der Waals surface area (Å²) < 4.78 is 25.6. The summed E-state index contributed by atoms with van der Waals surface area (Å²) in [6, 6.07) is 39.7. The third-order valence-electron chi connectivity index (χ3n) is 14.8. The number of carbonyl (C=O) groups is 6. The lowest BCUT2D eigenvalue weighted by atomic mass is 9.68. The van der Waals surface area contributed by atoms with Gasteiger partial charge in [0.15, 0.2) is 10.1 Å². The topological polar surface area (TPSA) is 171 Å². The van der Waals surface area contributed by atoms with Gasteiger partial charge in [0.05, 0.1) is 0 Å². The Morgan fingerprint density at radius 2 is 0.793 bits per heavy atom. The van der Waals surface area contributed by atoms with Crippen LogP contribution in [0.15, 0.2) is 179 Å². The summed E-state index contributed by atoms with van der Waals surface area (Å²) in [7, 11) is 0. The van der Waals surface area contributed by atoms with E-state index in [9.17, 15) is 9.59 Å². The Labute approximate surface area is 498 Å². The number of amides is 2. The van der Waals surface area contributed by atoms with Crippen molar-refractivity contribution in [1.82, 2.24) is 9.80 Å². The maximum absolute atomic E-state index is 15.6. The first kappa shape index (κ1) is 54.8. The molecule has 2 fully saturated rings. The van der Waals surface area contributed by atoms with Crippen molar-refractivity contribution in [3.63, 3.8) is 0 Å². The van der Waals surface area contributed by atoms with Crippen LogP contribution in [-0.2, 0) is 85.0 Å². The van der Waals surface area contributed by atoms with E-state index in [2.05, 4.69) is 0 Å². The first-order valence-corrected chi connectivity index (χ1v) is 30.2. The normalized spacial score (nSPS) is 19.8. The fourth-order valence-electron chi connectivity index (χ4n) is 10.9. The summed E-state index contributed by atoms with van der Waals surface area (Å²) in [6.45, 7) is 3.64. The van der Waals surface area contributed by atoms with E-state index in [0.717, 1.165) is 23.5 Å². The van der Waals surface area contributed by atoms with Gasteiger partial charge in [-0.3, -0.25) is 38.6 Å². The van der Waals surface area contributed by atoms with Crippen LogP contribution in [0.3, 0.4) is 0 Å². The molecule has 0 radical (unpaired) electrons. The Morgan fingerprint density at radius 3 is 1.07 bits per heavy atom. The number of fused-ring (bicyclic) bond motifs is 7. The average molecular weight is 1200 g/mol. The van der Waals surface area contributed by atoms with Gasteiger partial charge < -0.3 is 18.9 Å². The molecule has 2 aliphatic heterocycles. The molecule has 2 unspecified atom stereocenters. The molecular weight excluding hydrogens is 1150 g/mol. The molecule has 0 N–H and O–H groups in total. The molecule has 0 spiro atoms. The maximum atomic E-state index is 15.6. The van der Waals surface area contributed by atoms with Crippen LogP contribution in [0, 0.1) is 11.8 Å². The molecule has 20 heteroatoms. The molecule has 410 valence electrons. The van der Waals surface area contributed by atoms with E-state index in [1.54, 1.807) is 12.1 Å². The second-order valence-corrected chi connectivity index (χ2v) is 24.9. The Bertz CT molecular complexity index is 3520. The lowest BCUT2D eigenvalue weighted by Gasteiger charge is -2.35. The molecule has 2 amide bonds. The quantitative estimate of drug-likeness (QED) is 0.0388. The molecule has 12 rings (SSSR count). The Balaban J connectivity index is 1.04. The highest BCUT2D eigenvalue weighted by atomic mass is 32.2. The standard InChI is InChI=1S/C62H46N4O10S6/c1-3-65-53(67)51(81-59(65)77)63-47-29-45-49(79-47)41-25-39-28-44-42(26-40(39)27-43(41)61(45,55(69)73-31-35-17-9-5-10-18-35)56(70)74-32-36-19-11-6-12-20-36)50-46(30-48(80-50)64-52-54(68)66(4-2)60(78)82-52)62(44,57(71)75-33-37-21-13-7-14-22-37)58(72)76-34-38-23-15-8-16-24-38/h5-30,39-40H,3-4,31-34H2,1-2H3/b63-51-,64-52-. The number of rotatable bonds is 16. The van der Waals surface area contributed by atoms with E-state index >= 15 is 19.2 Å². The Morgan fingerprint density at radius 1 is 0.488 bits per heavy atom. The molecule has 0 bridgehead atoms. The number of thioether (sulfide) groups is 2. The third-order valence-corrected chi connectivity index (χ3v) is 19.6. The van der Waals surface area contributed by atoms with Crippen molar-refractivity contribution in [1.29, 1.82) is 0 Å². The smallest absolute Gasteiger partial charge is 0.333 e. The van der Waals surface area contributed by atoms with Gasteiger partial charge in [0, 0.05) is 45.8 Å². The van der Waals surface area contributed by atoms with Crippen molar-refractivity contribution in [2.24, 2.45) is 21.8 Å². The van der Waals surface area contributed by atoms with Crippen LogP contribution in [-0.4, -0.2) is 77.3 Å². The highest BCUT2D eigenvalue weighted by Crippen LogP contribution is 2.63. The van der Waals surface area contributed by atoms with Crippen molar-refractivity contribution in [3.8, 4) is 0 Å². The van der Waals surface area contributed by atoms with Crippen LogP contribution in [0.25, 0.3) is 11.1 Å². The highest BCUT2D eigenvalue weighted by Gasteiger charge is 2.64. The van der Waals surface area contributed by atoms with Crippen LogP contribution < -0.4 is 0 Å². The largest absolute Gasteiger partial charge is 0.459 e. The van der Waals surface area contributed by atoms with E-state index in [1.807, 2.05) is 159 Å². The number of carbonyl (C=O) groups excluding carboxylic acids is 6. The van der Waals surface area contributed by atoms with Crippen LogP contribution in [0.5, 0.6) is 0 Å². The number of benzene rings is 4. The molecule has 82 heavy (non-hydrogen) atoms. The number of esters is 4. The lowest BCUT2D eigenvalue weighted by Crippen LogP contribution is -2.47. The summed E-state index contributed by atoms with van der Waals surface area (Å²) in [5.74, 6) is -5.54. The zero-order valence-corrected chi connectivity index (χ0v) is 48.6. The van der Waals surface area contributed by atoms with Crippen LogP contribution in [0.4, 0.5) is 10.0 Å². The SMILES string of the molecule is CCN1C(=O)/C(=N/c2cc3c(s2)C2=CC4C=C5C(=CC4C=C2C3(C(=O)OCc2ccccc2)C(=O)OCc2ccccc2)c2sc(/N=C3\SC(=S)N(CC)C3=O)cc2C5(C(=O)OCc2ccccc2)C(=O)OCc2ccccc2)SC1=S. The lowest BCUT2D eigenvalue weighted by molar-refractivity contribution is -0.166. The number of thiophene rings is 2. The van der Waals surface area contributed by atoms with Crippen LogP contribution in [0.1, 0.15) is 57.0 Å². The molecule has 2 atom stereocenters. The van der Waals surface area contributed by atoms with Crippen molar-refractivity contribution in [2.45, 2.75) is 51.1 Å². The molecule has 4 heterocycles. The van der Waals surface area contributed by atoms with E-state index in [0.29, 0.717) is 86.0 Å². The van der Waals surface area contributed by atoms with Crippen molar-refractivity contribution >= 4 is 146 Å². The van der Waals surface area contributed by atoms with Crippen LogP contribution in [0.2, 0.25) is 0 Å². The molecule has 4 aromatic carbocycles. The Kier molecular flexibility index (Phi) is 15.1. The van der Waals surface area contributed by atoms with Gasteiger partial charge in [-0.1, -0.05) is 170 Å². The summed E-state index contributed by atoms with van der Waals surface area (Å²) in [5.41, 5.74) is 0.413. The number of nitrogens with zero attached hydrogens (tertiary/aromatic N) is 4. The number of allylic oxidation sites excluding steroid dienone is 6. The molecule has 6 aromatic rings. The second-order valence-electron chi connectivity index (χ2n) is 19.5. The van der Waals surface area contributed by atoms with Gasteiger partial charge in [-0.15, -0.1) is 22.7 Å². The minimum Gasteiger partial charge on any atom is -0.459 e. The zero-order chi connectivity index (χ0) is 56.9. The average Bonchev–Trinajstić information content (AvgIpc) is 3.89. The molecule has 6 aliphatic rings. The number of hydrogen-bond acceptors (Lipinski definition) is 18. The van der Waals surface area contributed by atoms with E-state index < -0.39 is 46.5 Å². The minimum atomic E-state index is -2.22. The van der Waals surface area contributed by atoms with Gasteiger partial charge in [-0.25, -0.2) is 9.98 Å². The van der Waals surface area contributed by atoms with Crippen molar-refractivity contribution in [2.75, 3.05) is 13.1 Å². The van der Waals surface area contributed by atoms with Gasteiger partial charge in [0.25, 0.3) is 11.8 Å². The monoisotopic (exact) mass is 1200 g/mol. The first-order chi connectivity index (χ1) is 39.8. The first-order valence-electron chi connectivity index (χ1n) is 26.1. The minimum absolute atomic E-state index is 0.136. The summed E-state index contributed by atoms with van der Waals surface area (Å²) in [6.07, 6.45) is 7.59. The fourth-order valence-corrected chi connectivity index (χ4v) is 15.8. The number of aliphatic imine (C=N–C) groups is 2. The van der Waals surface area contributed by atoms with Gasteiger partial charge in [-0.2, -0.15) is 0 Å². The molecule has 14 nitrogen and oxygen atoms in total. The maximum Gasteiger partial charge on any atom is 0.333 e. The van der Waals surface area contributed by atoms with Gasteiger partial charge in [-0.05, 0) is 94.1 Å². The predicted molar refractivity (Wildman–Crippen MR) is 325 cm³/mol. The zero-order valence-electron chi connectivity index (χ0n) is 43.7. The molecular formula is C62H46N4O10S6. The molecule has 2 saturated heterocycles. The van der Waals surface area contributed by atoms with Gasteiger partial charge in [0.2, 0.25) is 10.8 Å². The number of ether oxygens (including phenoxy) is 4. The fraction of sp³-hybridized carbons (Fsp3) is 0.194. The summed E-state index contributed by atoms with van der Waals surface area (Å²) >= 11 is 15.6. The third kappa shape index (κ3) is 9.53. The van der Waals surface area contributed by atoms with Crippen molar-refractivity contribution in [3.05, 3.63) is 212 Å². The van der Waals surface area contributed by atoms with E-state index in [-0.39, 0.29) is 59.5 Å². The van der Waals surface area contributed by atoms with E-state index in [4.69, 9.17) is 53.4 Å². The van der Waals surface area contributed by atoms with Gasteiger partial charge >= 0.3 is 23.9 Å². The number of hydrogen-bond donors (Lipinski definition) is 0. The summed E-state index contributed by atoms with van der Waals surface area (Å²) in [5, 5.41) is 0.923. The van der Waals surface area contributed by atoms with Crippen LogP contribution >= 0.6 is 70.6 Å². The highest BCUT2D eigenvalue weighted by molar-refractivity contribution is 8.35. The van der Waals surface area contributed by atoms with E-state index in [1.165, 1.54) is 32.5 Å². The van der Waals surface area contributed by atoms with Crippen molar-refractivity contribution < 1.29 is 47.7 Å². The summed E-state index contributed by atoms with van der Waals surface area (Å²) in [4.78, 5) is 103. The predicted octanol–water partition coefficient (Wildman–Crippen LogP) is 11.7. The molecule has 4 aliphatic carbocycles. The van der Waals surface area contributed by atoms with Gasteiger partial charge in [0.1, 0.15) is 45.1 Å².